The van der Waals surface area contributed by atoms with E-state index in [1.54, 1.807) is 6.07 Å². The smallest absolute Gasteiger partial charge is 0.340 e. The number of nitrogens with one attached hydrogen (secondary N) is 2. The third-order valence-corrected chi connectivity index (χ3v) is 5.88. The Bertz CT molecular complexity index is 1050. The SMILES string of the molecule is CCCCCCc1cccc(Nc2nc(Nc3ccc(CCCCC)cc3)ncc2C(F)(F)F)c1. The Hall–Kier alpha value is -3.09. The molecule has 2 aromatic carbocycles. The number of aryl methyl sites for hydroxylation is 2. The first-order chi connectivity index (χ1) is 16.9. The molecule has 0 aliphatic rings. The van der Waals surface area contributed by atoms with Crippen molar-refractivity contribution in [2.24, 2.45) is 0 Å². The summed E-state index contributed by atoms with van der Waals surface area (Å²) in [6.45, 7) is 4.34. The summed E-state index contributed by atoms with van der Waals surface area (Å²) in [6, 6.07) is 15.3. The predicted octanol–water partition coefficient (Wildman–Crippen LogP) is 8.84. The van der Waals surface area contributed by atoms with Crippen LogP contribution in [0.5, 0.6) is 0 Å². The highest BCUT2D eigenvalue weighted by Gasteiger charge is 2.35. The van der Waals surface area contributed by atoms with Crippen LogP contribution in [0, 0.1) is 0 Å². The fraction of sp³-hybridized carbons (Fsp3) is 0.429. The zero-order chi connectivity index (χ0) is 25.1. The van der Waals surface area contributed by atoms with Crippen LogP contribution in [-0.4, -0.2) is 9.97 Å². The monoisotopic (exact) mass is 484 g/mol. The van der Waals surface area contributed by atoms with Crippen molar-refractivity contribution < 1.29 is 13.2 Å². The van der Waals surface area contributed by atoms with Gasteiger partial charge in [-0.15, -0.1) is 0 Å². The number of aromatic nitrogens is 2. The standard InChI is InChI=1S/C28H35F3N4/c1-3-5-7-9-12-22-13-10-14-24(19-22)33-26-25(28(29,30)31)20-32-27(35-26)34-23-17-15-21(16-18-23)11-8-6-4-2/h10,13-20H,3-9,11-12H2,1-2H3,(H2,32,33,34,35). The summed E-state index contributed by atoms with van der Waals surface area (Å²) >= 11 is 0. The highest BCUT2D eigenvalue weighted by Crippen LogP contribution is 2.35. The van der Waals surface area contributed by atoms with Crippen LogP contribution in [0.15, 0.2) is 54.7 Å². The molecule has 0 amide bonds. The van der Waals surface area contributed by atoms with E-state index in [4.69, 9.17) is 0 Å². The second-order valence-electron chi connectivity index (χ2n) is 8.87. The summed E-state index contributed by atoms with van der Waals surface area (Å²) in [5.74, 6) is -0.163. The second-order valence-corrected chi connectivity index (χ2v) is 8.87. The summed E-state index contributed by atoms with van der Waals surface area (Å²) in [5, 5.41) is 5.90. The predicted molar refractivity (Wildman–Crippen MR) is 138 cm³/mol. The molecule has 0 saturated heterocycles. The van der Waals surface area contributed by atoms with Gasteiger partial charge in [0, 0.05) is 17.6 Å². The van der Waals surface area contributed by atoms with Gasteiger partial charge in [-0.2, -0.15) is 18.2 Å². The van der Waals surface area contributed by atoms with Crippen LogP contribution in [-0.2, 0) is 19.0 Å². The molecule has 1 heterocycles. The van der Waals surface area contributed by atoms with Crippen LogP contribution in [0.1, 0.15) is 75.5 Å². The van der Waals surface area contributed by atoms with Crippen molar-refractivity contribution >= 4 is 23.1 Å². The first-order valence-electron chi connectivity index (χ1n) is 12.5. The minimum Gasteiger partial charge on any atom is -0.340 e. The van der Waals surface area contributed by atoms with Crippen molar-refractivity contribution in [1.82, 2.24) is 9.97 Å². The Morgan fingerprint density at radius 1 is 0.743 bits per heavy atom. The second kappa shape index (κ2) is 13.1. The molecular formula is C28H35F3N4. The summed E-state index contributed by atoms with van der Waals surface area (Å²) in [6.07, 6.45) is 6.21. The topological polar surface area (TPSA) is 49.8 Å². The van der Waals surface area contributed by atoms with Crippen LogP contribution in [0.2, 0.25) is 0 Å². The van der Waals surface area contributed by atoms with Crippen molar-refractivity contribution in [2.75, 3.05) is 10.6 Å². The lowest BCUT2D eigenvalue weighted by Crippen LogP contribution is -2.12. The minimum absolute atomic E-state index is 0.106. The number of anilines is 4. The molecule has 4 nitrogen and oxygen atoms in total. The van der Waals surface area contributed by atoms with Crippen molar-refractivity contribution in [2.45, 2.75) is 77.8 Å². The van der Waals surface area contributed by atoms with Crippen LogP contribution < -0.4 is 10.6 Å². The summed E-state index contributed by atoms with van der Waals surface area (Å²) in [5.41, 5.74) is 2.72. The van der Waals surface area contributed by atoms with Crippen molar-refractivity contribution in [1.29, 1.82) is 0 Å². The molecule has 0 radical (unpaired) electrons. The van der Waals surface area contributed by atoms with Crippen LogP contribution in [0.3, 0.4) is 0 Å². The maximum absolute atomic E-state index is 13.7. The number of nitrogens with zero attached hydrogens (tertiary/aromatic N) is 2. The molecular weight excluding hydrogens is 449 g/mol. The van der Waals surface area contributed by atoms with Crippen molar-refractivity contribution in [3.63, 3.8) is 0 Å². The Balaban J connectivity index is 1.75. The molecule has 0 bridgehead atoms. The van der Waals surface area contributed by atoms with Gasteiger partial charge in [0.2, 0.25) is 5.95 Å². The number of alkyl halides is 3. The van der Waals surface area contributed by atoms with E-state index in [1.165, 1.54) is 24.8 Å². The lowest BCUT2D eigenvalue weighted by molar-refractivity contribution is -0.137. The molecule has 0 aliphatic carbocycles. The van der Waals surface area contributed by atoms with E-state index in [0.717, 1.165) is 56.0 Å². The maximum atomic E-state index is 13.7. The number of halogens is 3. The van der Waals surface area contributed by atoms with Gasteiger partial charge >= 0.3 is 6.18 Å². The van der Waals surface area contributed by atoms with Gasteiger partial charge in [0.15, 0.2) is 0 Å². The first kappa shape index (κ1) is 26.5. The van der Waals surface area contributed by atoms with Gasteiger partial charge < -0.3 is 10.6 Å². The average molecular weight is 485 g/mol. The number of hydrogen-bond acceptors (Lipinski definition) is 4. The van der Waals surface area contributed by atoms with Gasteiger partial charge in [-0.1, -0.05) is 70.2 Å². The zero-order valence-corrected chi connectivity index (χ0v) is 20.6. The molecule has 3 rings (SSSR count). The molecule has 0 aliphatic heterocycles. The highest BCUT2D eigenvalue weighted by atomic mass is 19.4. The van der Waals surface area contributed by atoms with Gasteiger partial charge in [-0.05, 0) is 61.1 Å². The lowest BCUT2D eigenvalue weighted by atomic mass is 10.1. The Kier molecular flexibility index (Phi) is 9.94. The molecule has 0 spiro atoms. The van der Waals surface area contributed by atoms with Crippen molar-refractivity contribution in [3.05, 3.63) is 71.4 Å². The molecule has 35 heavy (non-hydrogen) atoms. The third-order valence-electron chi connectivity index (χ3n) is 5.88. The number of rotatable bonds is 13. The fourth-order valence-corrected chi connectivity index (χ4v) is 3.90. The third kappa shape index (κ3) is 8.57. The van der Waals surface area contributed by atoms with E-state index < -0.39 is 11.7 Å². The van der Waals surface area contributed by atoms with E-state index in [0.29, 0.717) is 5.69 Å². The fourth-order valence-electron chi connectivity index (χ4n) is 3.90. The molecule has 7 heteroatoms. The molecule has 3 aromatic rings. The quantitative estimate of drug-likeness (QED) is 0.238. The van der Waals surface area contributed by atoms with E-state index in [-0.39, 0.29) is 11.8 Å². The Morgan fingerprint density at radius 2 is 1.43 bits per heavy atom. The minimum atomic E-state index is -4.57. The summed E-state index contributed by atoms with van der Waals surface area (Å²) in [7, 11) is 0. The van der Waals surface area contributed by atoms with Gasteiger partial charge in [0.1, 0.15) is 11.4 Å². The molecule has 1 aromatic heterocycles. The number of hydrogen-bond donors (Lipinski definition) is 2. The largest absolute Gasteiger partial charge is 0.421 e. The number of unbranched alkanes of at least 4 members (excludes halogenated alkanes) is 5. The average Bonchev–Trinajstić information content (AvgIpc) is 2.83. The van der Waals surface area contributed by atoms with Gasteiger partial charge in [0.05, 0.1) is 0 Å². The maximum Gasteiger partial charge on any atom is 0.421 e. The molecule has 0 fully saturated rings. The van der Waals surface area contributed by atoms with E-state index in [9.17, 15) is 13.2 Å². The molecule has 2 N–H and O–H groups in total. The Labute approximate surface area is 206 Å². The molecule has 188 valence electrons. The first-order valence-corrected chi connectivity index (χ1v) is 12.5. The van der Waals surface area contributed by atoms with Crippen molar-refractivity contribution in [3.8, 4) is 0 Å². The van der Waals surface area contributed by atoms with Gasteiger partial charge in [0.25, 0.3) is 0 Å². The van der Waals surface area contributed by atoms with Gasteiger partial charge in [-0.25, -0.2) is 4.98 Å². The van der Waals surface area contributed by atoms with E-state index in [1.807, 2.05) is 42.5 Å². The summed E-state index contributed by atoms with van der Waals surface area (Å²) < 4.78 is 41.0. The van der Waals surface area contributed by atoms with Crippen LogP contribution in [0.4, 0.5) is 36.3 Å². The zero-order valence-electron chi connectivity index (χ0n) is 20.6. The van der Waals surface area contributed by atoms with Gasteiger partial charge in [-0.3, -0.25) is 0 Å². The molecule has 0 saturated carbocycles. The number of benzene rings is 2. The Morgan fingerprint density at radius 3 is 2.14 bits per heavy atom. The van der Waals surface area contributed by atoms with Crippen LogP contribution >= 0.6 is 0 Å². The van der Waals surface area contributed by atoms with Crippen LogP contribution in [0.25, 0.3) is 0 Å². The molecule has 0 unspecified atom stereocenters. The lowest BCUT2D eigenvalue weighted by Gasteiger charge is -2.15. The van der Waals surface area contributed by atoms with E-state index >= 15 is 0 Å². The highest BCUT2D eigenvalue weighted by molar-refractivity contribution is 5.63. The summed E-state index contributed by atoms with van der Waals surface area (Å²) in [4.78, 5) is 8.09. The van der Waals surface area contributed by atoms with E-state index in [2.05, 4.69) is 34.4 Å². The molecule has 0 atom stereocenters. The normalized spacial score (nSPS) is 11.5.